The Morgan fingerprint density at radius 2 is 2.45 bits per heavy atom. The Balaban J connectivity index is 1.58. The van der Waals surface area contributed by atoms with Gasteiger partial charge in [0.2, 0.25) is 0 Å². The van der Waals surface area contributed by atoms with E-state index in [1.165, 1.54) is 12.8 Å². The second-order valence-corrected chi connectivity index (χ2v) is 5.19. The van der Waals surface area contributed by atoms with Crippen LogP contribution in [0.2, 0.25) is 0 Å². The van der Waals surface area contributed by atoms with Crippen LogP contribution in [0.15, 0.2) is 11.2 Å². The van der Waals surface area contributed by atoms with Crippen molar-refractivity contribution in [1.29, 1.82) is 0 Å². The van der Waals surface area contributed by atoms with Gasteiger partial charge in [0.1, 0.15) is 17.8 Å². The molecule has 8 heteroatoms. The van der Waals surface area contributed by atoms with Crippen LogP contribution in [-0.4, -0.2) is 53.4 Å². The number of nitrogens with one attached hydrogen (secondary N) is 1. The van der Waals surface area contributed by atoms with Crippen LogP contribution >= 0.6 is 0 Å². The highest BCUT2D eigenvalue weighted by atomic mass is 16.5. The Morgan fingerprint density at radius 3 is 3.20 bits per heavy atom. The van der Waals surface area contributed by atoms with E-state index < -0.39 is 0 Å². The number of methoxy groups -OCH3 is 1. The first-order valence-corrected chi connectivity index (χ1v) is 6.84. The lowest BCUT2D eigenvalue weighted by molar-refractivity contribution is 0.0661. The molecule has 0 amide bonds. The van der Waals surface area contributed by atoms with Gasteiger partial charge in [0, 0.05) is 13.2 Å². The molecule has 1 saturated carbocycles. The third-order valence-corrected chi connectivity index (χ3v) is 3.54. The van der Waals surface area contributed by atoms with Gasteiger partial charge in [-0.15, -0.1) is 5.10 Å². The summed E-state index contributed by atoms with van der Waals surface area (Å²) in [5.41, 5.74) is 6.56. The van der Waals surface area contributed by atoms with Gasteiger partial charge >= 0.3 is 0 Å². The quantitative estimate of drug-likeness (QED) is 0.553. The van der Waals surface area contributed by atoms with Gasteiger partial charge in [0.15, 0.2) is 5.96 Å². The number of hydrogen-bond acceptors (Lipinski definition) is 5. The van der Waals surface area contributed by atoms with Crippen LogP contribution < -0.4 is 11.1 Å². The maximum Gasteiger partial charge on any atom is 0.189 e. The summed E-state index contributed by atoms with van der Waals surface area (Å²) in [4.78, 5) is 4.26. The van der Waals surface area contributed by atoms with E-state index in [9.17, 15) is 0 Å². The van der Waals surface area contributed by atoms with Crippen molar-refractivity contribution in [3.8, 4) is 0 Å². The van der Waals surface area contributed by atoms with Gasteiger partial charge in [-0.05, 0) is 12.8 Å². The summed E-state index contributed by atoms with van der Waals surface area (Å²) in [6, 6.07) is 0.583. The molecule has 1 aromatic heterocycles. The molecule has 0 bridgehead atoms. The lowest BCUT2D eigenvalue weighted by Gasteiger charge is -2.15. The maximum atomic E-state index is 5.78. The van der Waals surface area contributed by atoms with Crippen molar-refractivity contribution in [3.63, 3.8) is 0 Å². The maximum absolute atomic E-state index is 5.78. The molecule has 1 aromatic rings. The first kappa shape index (κ1) is 13.3. The van der Waals surface area contributed by atoms with Crippen molar-refractivity contribution in [1.82, 2.24) is 20.3 Å². The van der Waals surface area contributed by atoms with E-state index in [0.29, 0.717) is 31.8 Å². The first-order valence-electron chi connectivity index (χ1n) is 6.84. The minimum absolute atomic E-state index is 0.0228. The topological polar surface area (TPSA) is 99.6 Å². The molecule has 110 valence electrons. The molecule has 8 nitrogen and oxygen atoms in total. The largest absolute Gasteiger partial charge is 0.377 e. The van der Waals surface area contributed by atoms with Gasteiger partial charge in [0.25, 0.3) is 0 Å². The molecule has 2 aliphatic rings. The molecule has 1 saturated heterocycles. The van der Waals surface area contributed by atoms with Crippen molar-refractivity contribution >= 4 is 5.96 Å². The van der Waals surface area contributed by atoms with Crippen LogP contribution in [0.25, 0.3) is 0 Å². The van der Waals surface area contributed by atoms with Gasteiger partial charge in [-0.2, -0.15) is 0 Å². The fourth-order valence-corrected chi connectivity index (χ4v) is 2.19. The lowest BCUT2D eigenvalue weighted by Crippen LogP contribution is -2.33. The molecule has 3 N–H and O–H groups in total. The number of hydrogen-bond donors (Lipinski definition) is 2. The summed E-state index contributed by atoms with van der Waals surface area (Å²) in [5.74, 6) is 0.473. The van der Waals surface area contributed by atoms with E-state index in [-0.39, 0.29) is 12.1 Å². The second kappa shape index (κ2) is 5.76. The van der Waals surface area contributed by atoms with E-state index in [0.717, 1.165) is 5.69 Å². The molecule has 0 aromatic carbocycles. The van der Waals surface area contributed by atoms with Crippen molar-refractivity contribution < 1.29 is 9.47 Å². The second-order valence-electron chi connectivity index (χ2n) is 5.19. The van der Waals surface area contributed by atoms with Crippen molar-refractivity contribution in [2.45, 2.75) is 37.6 Å². The molecule has 1 aliphatic carbocycles. The molecule has 0 spiro atoms. The molecule has 1 aliphatic heterocycles. The number of rotatable bonds is 5. The number of guanidine groups is 1. The molecule has 3 rings (SSSR count). The molecule has 20 heavy (non-hydrogen) atoms. The van der Waals surface area contributed by atoms with Crippen molar-refractivity contribution in [2.75, 3.05) is 20.3 Å². The Bertz CT molecular complexity index is 484. The SMILES string of the molecule is CO[C@@H]1COC[C@H]1n1cc(CN=C(N)NC2CC2)nn1. The van der Waals surface area contributed by atoms with Crippen LogP contribution in [0.1, 0.15) is 24.6 Å². The van der Waals surface area contributed by atoms with E-state index in [1.807, 2.05) is 6.20 Å². The zero-order valence-corrected chi connectivity index (χ0v) is 11.5. The number of aromatic nitrogens is 3. The third kappa shape index (κ3) is 3.07. The predicted molar refractivity (Wildman–Crippen MR) is 72.2 cm³/mol. The Labute approximate surface area is 117 Å². The summed E-state index contributed by atoms with van der Waals surface area (Å²) >= 11 is 0. The average Bonchev–Trinajstić information content (AvgIpc) is 2.96. The van der Waals surface area contributed by atoms with Gasteiger partial charge in [-0.1, -0.05) is 5.21 Å². The number of nitrogens with two attached hydrogens (primary N) is 1. The average molecular weight is 280 g/mol. The predicted octanol–water partition coefficient (Wildman–Crippen LogP) is -0.569. The molecule has 2 atom stereocenters. The third-order valence-electron chi connectivity index (χ3n) is 3.54. The lowest BCUT2D eigenvalue weighted by atomic mass is 10.2. The van der Waals surface area contributed by atoms with Gasteiger partial charge in [0.05, 0.1) is 26.0 Å². The Morgan fingerprint density at radius 1 is 1.60 bits per heavy atom. The molecule has 0 unspecified atom stereocenters. The molecule has 2 heterocycles. The normalized spacial score (nSPS) is 26.9. The highest BCUT2D eigenvalue weighted by Crippen LogP contribution is 2.21. The van der Waals surface area contributed by atoms with Gasteiger partial charge in [-0.25, -0.2) is 9.67 Å². The smallest absolute Gasteiger partial charge is 0.189 e. The summed E-state index contributed by atoms with van der Waals surface area (Å²) in [6.45, 7) is 1.61. The van der Waals surface area contributed by atoms with E-state index in [1.54, 1.807) is 11.8 Å². The zero-order valence-electron chi connectivity index (χ0n) is 11.5. The molecule has 2 fully saturated rings. The molecular formula is C12H20N6O2. The van der Waals surface area contributed by atoms with Crippen LogP contribution in [0.4, 0.5) is 0 Å². The van der Waals surface area contributed by atoms with Crippen molar-refractivity contribution in [2.24, 2.45) is 10.7 Å². The Hall–Kier alpha value is -1.67. The summed E-state index contributed by atoms with van der Waals surface area (Å²) in [7, 11) is 1.68. The van der Waals surface area contributed by atoms with E-state index in [4.69, 9.17) is 15.2 Å². The van der Waals surface area contributed by atoms with Gasteiger partial charge < -0.3 is 20.5 Å². The van der Waals surface area contributed by atoms with Crippen molar-refractivity contribution in [3.05, 3.63) is 11.9 Å². The summed E-state index contributed by atoms with van der Waals surface area (Å²) in [5, 5.41) is 11.4. The monoisotopic (exact) mass is 280 g/mol. The Kier molecular flexibility index (Phi) is 3.83. The van der Waals surface area contributed by atoms with E-state index in [2.05, 4.69) is 20.6 Å². The number of ether oxygens (including phenoxy) is 2. The fraction of sp³-hybridized carbons (Fsp3) is 0.750. The minimum Gasteiger partial charge on any atom is -0.377 e. The van der Waals surface area contributed by atoms with Crippen LogP contribution in [0, 0.1) is 0 Å². The van der Waals surface area contributed by atoms with E-state index >= 15 is 0 Å². The number of nitrogens with zero attached hydrogens (tertiary/aromatic N) is 4. The highest BCUT2D eigenvalue weighted by Gasteiger charge is 2.30. The highest BCUT2D eigenvalue weighted by molar-refractivity contribution is 5.78. The number of aliphatic imine (C=N–C) groups is 1. The standard InChI is InChI=1S/C12H20N6O2/c1-19-11-7-20-6-10(11)18-5-9(16-17-18)4-14-12(13)15-8-2-3-8/h5,8,10-11H,2-4,6-7H2,1H3,(H3,13,14,15)/t10-,11-/m1/s1. The first-order chi connectivity index (χ1) is 9.76. The van der Waals surface area contributed by atoms with Gasteiger partial charge in [-0.3, -0.25) is 0 Å². The van der Waals surface area contributed by atoms with Crippen LogP contribution in [0.5, 0.6) is 0 Å². The van der Waals surface area contributed by atoms with Crippen LogP contribution in [0.3, 0.4) is 0 Å². The fourth-order valence-electron chi connectivity index (χ4n) is 2.19. The zero-order chi connectivity index (χ0) is 13.9. The molecule has 0 radical (unpaired) electrons. The molecular weight excluding hydrogens is 260 g/mol. The van der Waals surface area contributed by atoms with Crippen LogP contribution in [-0.2, 0) is 16.0 Å². The summed E-state index contributed by atoms with van der Waals surface area (Å²) in [6.07, 6.45) is 4.24. The summed E-state index contributed by atoms with van der Waals surface area (Å²) < 4.78 is 12.6. The minimum atomic E-state index is 0.0228.